The third kappa shape index (κ3) is 3.08. The Labute approximate surface area is 99.9 Å². The van der Waals surface area contributed by atoms with E-state index in [2.05, 4.69) is 36.5 Å². The average Bonchev–Trinajstić information content (AvgIpc) is 2.33. The van der Waals surface area contributed by atoms with Crippen LogP contribution in [0.3, 0.4) is 0 Å². The lowest BCUT2D eigenvalue weighted by Gasteiger charge is -2.23. The van der Waals surface area contributed by atoms with Gasteiger partial charge in [0.25, 0.3) is 0 Å². The first-order chi connectivity index (χ1) is 7.78. The van der Waals surface area contributed by atoms with Gasteiger partial charge in [0.15, 0.2) is 0 Å². The minimum absolute atomic E-state index is 0.505. The van der Waals surface area contributed by atoms with Gasteiger partial charge in [-0.1, -0.05) is 19.1 Å². The molecule has 1 aliphatic rings. The lowest BCUT2D eigenvalue weighted by molar-refractivity contribution is 0.624. The first-order valence-corrected chi connectivity index (χ1v) is 7.47. The van der Waals surface area contributed by atoms with Crippen LogP contribution in [0.4, 0.5) is 5.69 Å². The molecule has 16 heavy (non-hydrogen) atoms. The van der Waals surface area contributed by atoms with E-state index in [0.717, 1.165) is 30.8 Å². The first kappa shape index (κ1) is 11.6. The molecule has 0 radical (unpaired) electrons. The topological polar surface area (TPSA) is 29.1 Å². The summed E-state index contributed by atoms with van der Waals surface area (Å²) in [4.78, 5) is 0. The van der Waals surface area contributed by atoms with Crippen LogP contribution in [0.25, 0.3) is 0 Å². The molecule has 0 aliphatic carbocycles. The van der Waals surface area contributed by atoms with Crippen LogP contribution in [0.1, 0.15) is 25.3 Å². The molecule has 0 aromatic heterocycles. The SMILES string of the molecule is CCc1ccc(NC2CCS(=O)CC2)cc1. The van der Waals surface area contributed by atoms with Crippen molar-refractivity contribution in [1.82, 2.24) is 0 Å². The second kappa shape index (κ2) is 5.48. The first-order valence-electron chi connectivity index (χ1n) is 5.98. The number of benzene rings is 1. The van der Waals surface area contributed by atoms with Gasteiger partial charge in [-0.2, -0.15) is 0 Å². The van der Waals surface area contributed by atoms with Gasteiger partial charge in [0, 0.05) is 34.0 Å². The predicted octanol–water partition coefficient (Wildman–Crippen LogP) is 2.57. The number of aryl methyl sites for hydroxylation is 1. The van der Waals surface area contributed by atoms with Crippen LogP contribution in [-0.4, -0.2) is 21.8 Å². The Morgan fingerprint density at radius 1 is 1.25 bits per heavy atom. The summed E-state index contributed by atoms with van der Waals surface area (Å²) in [6.45, 7) is 2.17. The van der Waals surface area contributed by atoms with Gasteiger partial charge >= 0.3 is 0 Å². The molecule has 2 rings (SSSR count). The molecule has 0 amide bonds. The highest BCUT2D eigenvalue weighted by molar-refractivity contribution is 7.85. The maximum Gasteiger partial charge on any atom is 0.0342 e. The standard InChI is InChI=1S/C13H19NOS/c1-2-11-3-5-12(6-4-11)14-13-7-9-16(15)10-8-13/h3-6,13-14H,2,7-10H2,1H3. The van der Waals surface area contributed by atoms with Crippen LogP contribution in [0.5, 0.6) is 0 Å². The van der Waals surface area contributed by atoms with Crippen LogP contribution >= 0.6 is 0 Å². The summed E-state index contributed by atoms with van der Waals surface area (Å²) in [7, 11) is -0.564. The molecule has 0 bridgehead atoms. The highest BCUT2D eigenvalue weighted by Crippen LogP contribution is 2.17. The van der Waals surface area contributed by atoms with Crippen molar-refractivity contribution in [1.29, 1.82) is 0 Å². The number of nitrogens with one attached hydrogen (secondary N) is 1. The smallest absolute Gasteiger partial charge is 0.0342 e. The van der Waals surface area contributed by atoms with E-state index in [9.17, 15) is 4.21 Å². The van der Waals surface area contributed by atoms with Crippen LogP contribution in [-0.2, 0) is 17.2 Å². The summed E-state index contributed by atoms with van der Waals surface area (Å²) in [5, 5.41) is 3.52. The zero-order chi connectivity index (χ0) is 11.4. The van der Waals surface area contributed by atoms with Crippen LogP contribution in [0, 0.1) is 0 Å². The molecule has 1 heterocycles. The normalized spacial score (nSPS) is 25.3. The van der Waals surface area contributed by atoms with Crippen molar-refractivity contribution >= 4 is 16.5 Å². The van der Waals surface area contributed by atoms with E-state index < -0.39 is 10.8 Å². The fraction of sp³-hybridized carbons (Fsp3) is 0.538. The zero-order valence-electron chi connectivity index (χ0n) is 9.74. The van der Waals surface area contributed by atoms with Gasteiger partial charge in [0.2, 0.25) is 0 Å². The van der Waals surface area contributed by atoms with Crippen LogP contribution in [0.2, 0.25) is 0 Å². The summed E-state index contributed by atoms with van der Waals surface area (Å²) in [6.07, 6.45) is 3.15. The molecular formula is C13H19NOS. The number of rotatable bonds is 3. The van der Waals surface area contributed by atoms with E-state index in [1.807, 2.05) is 0 Å². The van der Waals surface area contributed by atoms with Crippen molar-refractivity contribution in [3.05, 3.63) is 29.8 Å². The summed E-state index contributed by atoms with van der Waals surface area (Å²) in [6, 6.07) is 9.13. The lowest BCUT2D eigenvalue weighted by Crippen LogP contribution is -2.29. The van der Waals surface area contributed by atoms with Crippen molar-refractivity contribution in [3.63, 3.8) is 0 Å². The van der Waals surface area contributed by atoms with Crippen molar-refractivity contribution in [3.8, 4) is 0 Å². The van der Waals surface area contributed by atoms with E-state index in [1.54, 1.807) is 0 Å². The Hall–Kier alpha value is -0.830. The third-order valence-electron chi connectivity index (χ3n) is 3.12. The Morgan fingerprint density at radius 3 is 2.44 bits per heavy atom. The molecule has 1 N–H and O–H groups in total. The van der Waals surface area contributed by atoms with E-state index in [1.165, 1.54) is 11.3 Å². The van der Waals surface area contributed by atoms with Crippen molar-refractivity contribution in [2.75, 3.05) is 16.8 Å². The maximum absolute atomic E-state index is 11.2. The molecule has 1 aliphatic heterocycles. The molecule has 1 saturated heterocycles. The largest absolute Gasteiger partial charge is 0.382 e. The predicted molar refractivity (Wildman–Crippen MR) is 70.3 cm³/mol. The summed E-state index contributed by atoms with van der Waals surface area (Å²) >= 11 is 0. The third-order valence-corrected chi connectivity index (χ3v) is 4.50. The van der Waals surface area contributed by atoms with Gasteiger partial charge in [-0.15, -0.1) is 0 Å². The summed E-state index contributed by atoms with van der Waals surface area (Å²) in [5.74, 6) is 1.70. The molecule has 0 atom stereocenters. The van der Waals surface area contributed by atoms with E-state index in [0.29, 0.717) is 6.04 Å². The molecule has 0 spiro atoms. The molecule has 3 heteroatoms. The summed E-state index contributed by atoms with van der Waals surface area (Å²) in [5.41, 5.74) is 2.56. The molecule has 0 unspecified atom stereocenters. The lowest BCUT2D eigenvalue weighted by atomic mass is 10.1. The second-order valence-electron chi connectivity index (χ2n) is 4.32. The van der Waals surface area contributed by atoms with E-state index >= 15 is 0 Å². The molecule has 1 aromatic carbocycles. The number of hydrogen-bond acceptors (Lipinski definition) is 2. The minimum atomic E-state index is -0.564. The van der Waals surface area contributed by atoms with Crippen LogP contribution in [0.15, 0.2) is 24.3 Å². The van der Waals surface area contributed by atoms with E-state index in [4.69, 9.17) is 0 Å². The highest BCUT2D eigenvalue weighted by Gasteiger charge is 2.17. The van der Waals surface area contributed by atoms with E-state index in [-0.39, 0.29) is 0 Å². The van der Waals surface area contributed by atoms with Gasteiger partial charge in [-0.05, 0) is 37.0 Å². The fourth-order valence-electron chi connectivity index (χ4n) is 2.01. The van der Waals surface area contributed by atoms with Crippen LogP contribution < -0.4 is 5.32 Å². The van der Waals surface area contributed by atoms with Gasteiger partial charge < -0.3 is 5.32 Å². The minimum Gasteiger partial charge on any atom is -0.382 e. The van der Waals surface area contributed by atoms with Crippen molar-refractivity contribution in [2.24, 2.45) is 0 Å². The Bertz CT molecular complexity index is 351. The monoisotopic (exact) mass is 237 g/mol. The number of hydrogen-bond donors (Lipinski definition) is 1. The maximum atomic E-state index is 11.2. The Kier molecular flexibility index (Phi) is 3.99. The quantitative estimate of drug-likeness (QED) is 0.875. The van der Waals surface area contributed by atoms with Crippen molar-refractivity contribution < 1.29 is 4.21 Å². The second-order valence-corrected chi connectivity index (χ2v) is 6.01. The molecule has 0 saturated carbocycles. The molecule has 88 valence electrons. The average molecular weight is 237 g/mol. The zero-order valence-corrected chi connectivity index (χ0v) is 10.6. The highest BCUT2D eigenvalue weighted by atomic mass is 32.2. The fourth-order valence-corrected chi connectivity index (χ4v) is 3.31. The van der Waals surface area contributed by atoms with Gasteiger partial charge in [0.1, 0.15) is 0 Å². The Balaban J connectivity index is 1.90. The molecule has 2 nitrogen and oxygen atoms in total. The number of anilines is 1. The molecule has 1 fully saturated rings. The molecule has 1 aromatic rings. The van der Waals surface area contributed by atoms with Gasteiger partial charge in [-0.25, -0.2) is 0 Å². The summed E-state index contributed by atoms with van der Waals surface area (Å²) < 4.78 is 11.2. The van der Waals surface area contributed by atoms with Gasteiger partial charge in [0.05, 0.1) is 0 Å². The van der Waals surface area contributed by atoms with Crippen molar-refractivity contribution in [2.45, 2.75) is 32.2 Å². The van der Waals surface area contributed by atoms with Gasteiger partial charge in [-0.3, -0.25) is 4.21 Å². The molecular weight excluding hydrogens is 218 g/mol. The Morgan fingerprint density at radius 2 is 1.88 bits per heavy atom.